The van der Waals surface area contributed by atoms with Crippen LogP contribution >= 0.6 is 11.3 Å². The monoisotopic (exact) mass is 495 g/mol. The van der Waals surface area contributed by atoms with Gasteiger partial charge in [-0.3, -0.25) is 4.79 Å². The van der Waals surface area contributed by atoms with Gasteiger partial charge in [-0.1, -0.05) is 48.5 Å². The first kappa shape index (κ1) is 24.4. The molecule has 4 rings (SSSR count). The number of carboxylic acids is 1. The minimum Gasteiger partial charge on any atom is -0.477 e. The Labute approximate surface area is 206 Å². The number of carbonyl (C=O) groups is 3. The fourth-order valence-corrected chi connectivity index (χ4v) is 4.99. The zero-order valence-electron chi connectivity index (χ0n) is 19.2. The summed E-state index contributed by atoms with van der Waals surface area (Å²) in [5, 5.41) is 14.8. The summed E-state index contributed by atoms with van der Waals surface area (Å²) in [6.45, 7) is 1.69. The van der Waals surface area contributed by atoms with Crippen molar-refractivity contribution in [1.82, 2.24) is 15.6 Å². The Morgan fingerprint density at radius 3 is 2.29 bits per heavy atom. The first-order valence-electron chi connectivity index (χ1n) is 11.0. The average molecular weight is 496 g/mol. The molecule has 35 heavy (non-hydrogen) atoms. The molecule has 0 fully saturated rings. The number of aromatic nitrogens is 1. The summed E-state index contributed by atoms with van der Waals surface area (Å²) in [5.41, 5.74) is 4.81. The maximum absolute atomic E-state index is 12.7. The van der Waals surface area contributed by atoms with Gasteiger partial charge in [0.25, 0.3) is 0 Å². The van der Waals surface area contributed by atoms with Crippen LogP contribution in [0.2, 0.25) is 0 Å². The van der Waals surface area contributed by atoms with Gasteiger partial charge in [-0.05, 0) is 29.2 Å². The lowest BCUT2D eigenvalue weighted by Gasteiger charge is -2.19. The van der Waals surface area contributed by atoms with Gasteiger partial charge < -0.3 is 25.2 Å². The second-order valence-electron chi connectivity index (χ2n) is 8.02. The smallest absolute Gasteiger partial charge is 0.407 e. The Balaban J connectivity index is 1.35. The predicted octanol–water partition coefficient (Wildman–Crippen LogP) is 3.32. The van der Waals surface area contributed by atoms with Crippen LogP contribution in [0.3, 0.4) is 0 Å². The van der Waals surface area contributed by atoms with Crippen LogP contribution in [-0.4, -0.2) is 54.4 Å². The third-order valence-corrected chi connectivity index (χ3v) is 6.88. The molecule has 2 amide bonds. The maximum Gasteiger partial charge on any atom is 0.407 e. The number of hydrogen-bond donors (Lipinski definition) is 3. The number of ether oxygens (including phenoxy) is 2. The minimum atomic E-state index is -1.06. The number of carboxylic acid groups (broad SMARTS) is 1. The molecule has 0 bridgehead atoms. The van der Waals surface area contributed by atoms with E-state index in [4.69, 9.17) is 14.6 Å². The molecular weight excluding hydrogens is 470 g/mol. The van der Waals surface area contributed by atoms with E-state index in [1.807, 2.05) is 36.4 Å². The van der Waals surface area contributed by atoms with Crippen molar-refractivity contribution >= 4 is 29.3 Å². The Kier molecular flexibility index (Phi) is 7.42. The number of aromatic carboxylic acids is 1. The zero-order chi connectivity index (χ0) is 24.9. The molecule has 1 atom stereocenters. The molecule has 0 unspecified atom stereocenters. The summed E-state index contributed by atoms with van der Waals surface area (Å²) in [7, 11) is 1.42. The van der Waals surface area contributed by atoms with Crippen molar-refractivity contribution in [2.75, 3.05) is 20.3 Å². The number of aryl methyl sites for hydroxylation is 1. The molecule has 3 aromatic rings. The molecule has 182 valence electrons. The van der Waals surface area contributed by atoms with E-state index in [-0.39, 0.29) is 30.6 Å². The number of thiazole rings is 1. The standard InChI is InChI=1S/C25H25N3O6S/c1-14-22(24(30)31)35-21(27-14)11-26-23(29)20(13-33-2)28-25(32)34-12-19-17-9-5-3-7-15(17)16-8-4-6-10-18(16)19/h3-10,19-20H,11-13H2,1-2H3,(H,26,29)(H,28,32)(H,30,31)/t20-/m0/s1. The third-order valence-electron chi connectivity index (χ3n) is 5.73. The van der Waals surface area contributed by atoms with Gasteiger partial charge >= 0.3 is 12.1 Å². The molecule has 0 saturated heterocycles. The molecule has 0 spiro atoms. The van der Waals surface area contributed by atoms with E-state index in [2.05, 4.69) is 27.8 Å². The molecule has 1 heterocycles. The van der Waals surface area contributed by atoms with Gasteiger partial charge in [0.1, 0.15) is 22.5 Å². The number of methoxy groups -OCH3 is 1. The fraction of sp³-hybridized carbons (Fsp3) is 0.280. The lowest BCUT2D eigenvalue weighted by Crippen LogP contribution is -2.49. The highest BCUT2D eigenvalue weighted by Gasteiger charge is 2.30. The summed E-state index contributed by atoms with van der Waals surface area (Å²) >= 11 is 0.991. The van der Waals surface area contributed by atoms with Crippen molar-refractivity contribution < 1.29 is 29.0 Å². The van der Waals surface area contributed by atoms with E-state index in [0.717, 1.165) is 33.6 Å². The first-order chi connectivity index (χ1) is 16.9. The lowest BCUT2D eigenvalue weighted by atomic mass is 9.98. The average Bonchev–Trinajstić information content (AvgIpc) is 3.38. The summed E-state index contributed by atoms with van der Waals surface area (Å²) in [6.07, 6.45) is -0.734. The van der Waals surface area contributed by atoms with Gasteiger partial charge in [-0.15, -0.1) is 11.3 Å². The van der Waals surface area contributed by atoms with Crippen LogP contribution in [0, 0.1) is 6.92 Å². The molecule has 1 aliphatic carbocycles. The van der Waals surface area contributed by atoms with Gasteiger partial charge in [0.2, 0.25) is 5.91 Å². The van der Waals surface area contributed by atoms with E-state index in [1.54, 1.807) is 6.92 Å². The second-order valence-corrected chi connectivity index (χ2v) is 9.11. The number of nitrogens with one attached hydrogen (secondary N) is 2. The molecule has 0 aliphatic heterocycles. The molecule has 0 radical (unpaired) electrons. The molecule has 1 aromatic heterocycles. The lowest BCUT2D eigenvalue weighted by molar-refractivity contribution is -0.124. The van der Waals surface area contributed by atoms with Crippen molar-refractivity contribution in [1.29, 1.82) is 0 Å². The highest BCUT2D eigenvalue weighted by Crippen LogP contribution is 2.44. The Morgan fingerprint density at radius 2 is 1.71 bits per heavy atom. The summed E-state index contributed by atoms with van der Waals surface area (Å²) in [6, 6.07) is 15.0. The third kappa shape index (κ3) is 5.33. The second kappa shape index (κ2) is 10.7. The minimum absolute atomic E-state index is 0.0319. The van der Waals surface area contributed by atoms with Gasteiger partial charge in [-0.2, -0.15) is 0 Å². The van der Waals surface area contributed by atoms with E-state index in [1.165, 1.54) is 7.11 Å². The van der Waals surface area contributed by atoms with Crippen LogP contribution in [0.1, 0.15) is 37.4 Å². The molecule has 3 N–H and O–H groups in total. The van der Waals surface area contributed by atoms with Crippen molar-refractivity contribution in [3.05, 3.63) is 75.2 Å². The normalized spacial score (nSPS) is 13.0. The largest absolute Gasteiger partial charge is 0.477 e. The van der Waals surface area contributed by atoms with E-state index in [0.29, 0.717) is 10.7 Å². The SMILES string of the molecule is COC[C@H](NC(=O)OCC1c2ccccc2-c2ccccc21)C(=O)NCc1nc(C)c(C(=O)O)s1. The van der Waals surface area contributed by atoms with Gasteiger partial charge in [0.05, 0.1) is 18.8 Å². The van der Waals surface area contributed by atoms with Gasteiger partial charge in [-0.25, -0.2) is 14.6 Å². The molecule has 2 aromatic carbocycles. The van der Waals surface area contributed by atoms with Crippen LogP contribution in [0.5, 0.6) is 0 Å². The highest BCUT2D eigenvalue weighted by atomic mass is 32.1. The molecule has 0 saturated carbocycles. The first-order valence-corrected chi connectivity index (χ1v) is 11.8. The van der Waals surface area contributed by atoms with E-state index < -0.39 is 24.0 Å². The number of carbonyl (C=O) groups excluding carboxylic acids is 2. The Bertz CT molecular complexity index is 1210. The van der Waals surface area contributed by atoms with Crippen molar-refractivity contribution in [3.8, 4) is 11.1 Å². The van der Waals surface area contributed by atoms with Crippen molar-refractivity contribution in [3.63, 3.8) is 0 Å². The van der Waals surface area contributed by atoms with Crippen molar-refractivity contribution in [2.45, 2.75) is 25.4 Å². The van der Waals surface area contributed by atoms with Crippen LogP contribution in [0.15, 0.2) is 48.5 Å². The van der Waals surface area contributed by atoms with Crippen LogP contribution in [0.25, 0.3) is 11.1 Å². The van der Waals surface area contributed by atoms with E-state index >= 15 is 0 Å². The Morgan fingerprint density at radius 1 is 1.09 bits per heavy atom. The number of rotatable bonds is 9. The van der Waals surface area contributed by atoms with Crippen LogP contribution in [0.4, 0.5) is 4.79 Å². The van der Waals surface area contributed by atoms with Gasteiger partial charge in [0, 0.05) is 13.0 Å². The zero-order valence-corrected chi connectivity index (χ0v) is 20.1. The topological polar surface area (TPSA) is 127 Å². The summed E-state index contributed by atoms with van der Waals surface area (Å²) < 4.78 is 10.6. The van der Waals surface area contributed by atoms with E-state index in [9.17, 15) is 14.4 Å². The van der Waals surface area contributed by atoms with Gasteiger partial charge in [0.15, 0.2) is 0 Å². The van der Waals surface area contributed by atoms with Crippen LogP contribution < -0.4 is 10.6 Å². The molecule has 9 nitrogen and oxygen atoms in total. The summed E-state index contributed by atoms with van der Waals surface area (Å²) in [5.74, 6) is -1.66. The predicted molar refractivity (Wildman–Crippen MR) is 130 cm³/mol. The number of nitrogens with zero attached hydrogens (tertiary/aromatic N) is 1. The number of alkyl carbamates (subject to hydrolysis) is 1. The van der Waals surface area contributed by atoms with Crippen molar-refractivity contribution in [2.24, 2.45) is 0 Å². The molecule has 10 heteroatoms. The number of fused-ring (bicyclic) bond motifs is 3. The number of hydrogen-bond acceptors (Lipinski definition) is 7. The quantitative estimate of drug-likeness (QED) is 0.416. The number of benzene rings is 2. The molecular formula is C25H25N3O6S. The summed E-state index contributed by atoms with van der Waals surface area (Å²) in [4.78, 5) is 40.7. The maximum atomic E-state index is 12.7. The fourth-order valence-electron chi connectivity index (χ4n) is 4.14. The van der Waals surface area contributed by atoms with Crippen LogP contribution in [-0.2, 0) is 20.8 Å². The number of amides is 2. The molecule has 1 aliphatic rings. The highest BCUT2D eigenvalue weighted by molar-refractivity contribution is 7.13. The Hall–Kier alpha value is -3.76.